The zero-order valence-corrected chi connectivity index (χ0v) is 16.9. The summed E-state index contributed by atoms with van der Waals surface area (Å²) in [6.45, 7) is 1.16. The summed E-state index contributed by atoms with van der Waals surface area (Å²) >= 11 is 0. The largest absolute Gasteiger partial charge is 0.456 e. The molecule has 1 aliphatic carbocycles. The number of hydrogen-bond acceptors (Lipinski definition) is 3. The van der Waals surface area contributed by atoms with Crippen LogP contribution in [-0.2, 0) is 19.0 Å². The molecule has 0 atom stereocenters. The van der Waals surface area contributed by atoms with Crippen LogP contribution in [-0.4, -0.2) is 15.8 Å². The van der Waals surface area contributed by atoms with E-state index in [0.717, 1.165) is 13.0 Å². The Balaban J connectivity index is 1.79. The van der Waals surface area contributed by atoms with E-state index >= 15 is 0 Å². The summed E-state index contributed by atoms with van der Waals surface area (Å²) in [7, 11) is 0. The first-order chi connectivity index (χ1) is 15.2. The van der Waals surface area contributed by atoms with Crippen LogP contribution in [0.4, 0.5) is 17.6 Å². The van der Waals surface area contributed by atoms with Gasteiger partial charge in [-0.25, -0.2) is 4.39 Å². The minimum atomic E-state index is -4.82. The first-order valence-electron chi connectivity index (χ1n) is 9.81. The van der Waals surface area contributed by atoms with Gasteiger partial charge in [0.05, 0.1) is 0 Å². The average molecular weight is 446 g/mol. The summed E-state index contributed by atoms with van der Waals surface area (Å²) in [5.41, 5.74) is -0.867. The molecule has 0 unspecified atom stereocenters. The molecular weight excluding hydrogens is 428 g/mol. The van der Waals surface area contributed by atoms with Crippen LogP contribution in [0.1, 0.15) is 39.0 Å². The number of benzene rings is 2. The lowest BCUT2D eigenvalue weighted by atomic mass is 10.00. The molecule has 0 saturated heterocycles. The number of amides is 1. The number of carbonyl (C=O) groups is 1. The first kappa shape index (κ1) is 21.6. The molecule has 1 heterocycles. The third kappa shape index (κ3) is 3.98. The van der Waals surface area contributed by atoms with Gasteiger partial charge in [0, 0.05) is 17.3 Å². The molecule has 1 N–H and O–H groups in total. The van der Waals surface area contributed by atoms with Gasteiger partial charge in [0.15, 0.2) is 5.49 Å². The van der Waals surface area contributed by atoms with Crippen LogP contribution in [0.2, 0.25) is 0 Å². The van der Waals surface area contributed by atoms with E-state index in [-0.39, 0.29) is 22.4 Å². The van der Waals surface area contributed by atoms with Gasteiger partial charge in [0.1, 0.15) is 22.9 Å². The van der Waals surface area contributed by atoms with Crippen molar-refractivity contribution >= 4 is 5.91 Å². The number of hydrogen-bond donors (Lipinski definition) is 1. The van der Waals surface area contributed by atoms with Gasteiger partial charge < -0.3 is 9.94 Å². The summed E-state index contributed by atoms with van der Waals surface area (Å²) in [6.07, 6.45) is -1.88. The van der Waals surface area contributed by atoms with E-state index in [1.807, 2.05) is 0 Å². The predicted molar refractivity (Wildman–Crippen MR) is 106 cm³/mol. The average Bonchev–Trinajstić information content (AvgIpc) is 3.22. The molecule has 32 heavy (non-hydrogen) atoms. The first-order valence-corrected chi connectivity index (χ1v) is 9.81. The molecule has 0 spiro atoms. The zero-order chi connectivity index (χ0) is 23.0. The molecule has 1 aliphatic rings. The molecule has 0 radical (unpaired) electrons. The highest BCUT2D eigenvalue weighted by Crippen LogP contribution is 2.43. The number of rotatable bonds is 3. The molecule has 166 valence electrons. The SMILES string of the molecule is Cc1c(C(=O)N=c2ccccn2O)ccc(Oc2ccc(F)c3c2CCC3)c1C(F)(F)F. The van der Waals surface area contributed by atoms with Gasteiger partial charge >= 0.3 is 6.18 Å². The molecule has 4 rings (SSSR count). The molecule has 0 fully saturated rings. The Labute approximate surface area is 180 Å². The van der Waals surface area contributed by atoms with Crippen molar-refractivity contribution in [2.24, 2.45) is 4.99 Å². The van der Waals surface area contributed by atoms with Gasteiger partial charge in [-0.3, -0.25) is 4.79 Å². The van der Waals surface area contributed by atoms with Gasteiger partial charge in [-0.2, -0.15) is 22.9 Å². The maximum atomic E-state index is 14.0. The molecule has 1 aromatic heterocycles. The minimum Gasteiger partial charge on any atom is -0.456 e. The molecule has 9 heteroatoms. The fourth-order valence-electron chi connectivity index (χ4n) is 3.88. The normalized spacial score (nSPS) is 13.8. The Hall–Kier alpha value is -3.62. The van der Waals surface area contributed by atoms with Crippen LogP contribution in [0.5, 0.6) is 11.5 Å². The highest BCUT2D eigenvalue weighted by Gasteiger charge is 2.38. The fraction of sp³-hybridized carbons (Fsp3) is 0.217. The number of fused-ring (bicyclic) bond motifs is 1. The van der Waals surface area contributed by atoms with E-state index in [0.29, 0.717) is 35.1 Å². The van der Waals surface area contributed by atoms with E-state index in [2.05, 4.69) is 4.99 Å². The standard InChI is InChI=1S/C23H18F4N2O3/c1-13-14(22(30)28-20-7-2-3-12-29(20)31)8-10-19(21(13)23(25,26)27)32-18-11-9-17(24)15-5-4-6-16(15)18/h2-3,7-12,31H,4-6H2,1H3. The Kier molecular flexibility index (Phi) is 5.50. The zero-order valence-electron chi connectivity index (χ0n) is 16.9. The summed E-state index contributed by atoms with van der Waals surface area (Å²) in [4.78, 5) is 16.3. The monoisotopic (exact) mass is 446 g/mol. The van der Waals surface area contributed by atoms with E-state index in [4.69, 9.17) is 4.74 Å². The maximum Gasteiger partial charge on any atom is 0.420 e. The van der Waals surface area contributed by atoms with Crippen LogP contribution in [0, 0.1) is 12.7 Å². The highest BCUT2D eigenvalue weighted by atomic mass is 19.4. The number of halogens is 4. The second-order valence-corrected chi connectivity index (χ2v) is 7.39. The van der Waals surface area contributed by atoms with Crippen LogP contribution in [0.15, 0.2) is 53.7 Å². The molecule has 5 nitrogen and oxygen atoms in total. The number of pyridine rings is 1. The third-order valence-electron chi connectivity index (χ3n) is 5.38. The number of ether oxygens (including phenoxy) is 1. The van der Waals surface area contributed by atoms with Crippen molar-refractivity contribution < 1.29 is 32.3 Å². The van der Waals surface area contributed by atoms with E-state index < -0.39 is 29.2 Å². The summed E-state index contributed by atoms with van der Waals surface area (Å²) in [5.74, 6) is -1.67. The summed E-state index contributed by atoms with van der Waals surface area (Å²) < 4.78 is 62.1. The Bertz CT molecular complexity index is 1280. The fourth-order valence-corrected chi connectivity index (χ4v) is 3.88. The van der Waals surface area contributed by atoms with Crippen molar-refractivity contribution in [2.45, 2.75) is 32.4 Å². The second kappa shape index (κ2) is 8.14. The maximum absolute atomic E-state index is 14.0. The molecule has 0 saturated carbocycles. The van der Waals surface area contributed by atoms with Crippen LogP contribution in [0.3, 0.4) is 0 Å². The molecule has 3 aromatic rings. The number of carbonyl (C=O) groups excluding carboxylic acids is 1. The number of nitrogens with zero attached hydrogens (tertiary/aromatic N) is 2. The van der Waals surface area contributed by atoms with Crippen molar-refractivity contribution in [3.8, 4) is 11.5 Å². The van der Waals surface area contributed by atoms with Crippen molar-refractivity contribution in [1.82, 2.24) is 4.73 Å². The Morgan fingerprint density at radius 2 is 1.78 bits per heavy atom. The number of aromatic nitrogens is 1. The van der Waals surface area contributed by atoms with Crippen LogP contribution < -0.4 is 10.2 Å². The topological polar surface area (TPSA) is 63.8 Å². The summed E-state index contributed by atoms with van der Waals surface area (Å²) in [6, 6.07) is 9.10. The molecule has 0 aliphatic heterocycles. The van der Waals surface area contributed by atoms with E-state index in [1.165, 1.54) is 42.6 Å². The van der Waals surface area contributed by atoms with Gasteiger partial charge in [0.25, 0.3) is 5.91 Å². The lowest BCUT2D eigenvalue weighted by Gasteiger charge is -2.19. The van der Waals surface area contributed by atoms with Crippen molar-refractivity contribution in [1.29, 1.82) is 0 Å². The third-order valence-corrected chi connectivity index (χ3v) is 5.38. The van der Waals surface area contributed by atoms with Gasteiger partial charge in [-0.15, -0.1) is 0 Å². The highest BCUT2D eigenvalue weighted by molar-refractivity contribution is 5.97. The van der Waals surface area contributed by atoms with E-state index in [9.17, 15) is 27.6 Å². The van der Waals surface area contributed by atoms with Gasteiger partial charge in [0.2, 0.25) is 0 Å². The van der Waals surface area contributed by atoms with Crippen molar-refractivity contribution in [3.63, 3.8) is 0 Å². The predicted octanol–water partition coefficient (Wildman–Crippen LogP) is 5.21. The Morgan fingerprint density at radius 1 is 1.06 bits per heavy atom. The molecular formula is C23H18F4N2O3. The molecule has 0 bridgehead atoms. The van der Waals surface area contributed by atoms with E-state index in [1.54, 1.807) is 0 Å². The minimum absolute atomic E-state index is 0.132. The molecule has 1 amide bonds. The van der Waals surface area contributed by atoms with Gasteiger partial charge in [-0.1, -0.05) is 6.07 Å². The molecule has 2 aromatic carbocycles. The van der Waals surface area contributed by atoms with Crippen molar-refractivity contribution in [3.05, 3.63) is 87.8 Å². The van der Waals surface area contributed by atoms with Crippen LogP contribution in [0.25, 0.3) is 0 Å². The quantitative estimate of drug-likeness (QED) is 0.444. The van der Waals surface area contributed by atoms with Crippen molar-refractivity contribution in [2.75, 3.05) is 0 Å². The Morgan fingerprint density at radius 3 is 2.50 bits per heavy atom. The number of alkyl halides is 3. The lowest BCUT2D eigenvalue weighted by molar-refractivity contribution is -0.139. The lowest BCUT2D eigenvalue weighted by Crippen LogP contribution is -2.20. The van der Waals surface area contributed by atoms with Crippen LogP contribution >= 0.6 is 0 Å². The smallest absolute Gasteiger partial charge is 0.420 e. The second-order valence-electron chi connectivity index (χ2n) is 7.39. The summed E-state index contributed by atoms with van der Waals surface area (Å²) in [5, 5.41) is 9.71. The van der Waals surface area contributed by atoms with Gasteiger partial charge in [-0.05, 0) is 73.7 Å².